The average molecular weight is 405 g/mol. The van der Waals surface area contributed by atoms with Crippen LogP contribution in [0.1, 0.15) is 10.4 Å². The van der Waals surface area contributed by atoms with E-state index in [0.717, 1.165) is 10.6 Å². The lowest BCUT2D eigenvalue weighted by Crippen LogP contribution is -2.24. The van der Waals surface area contributed by atoms with Gasteiger partial charge in [0.15, 0.2) is 6.61 Å². The molecule has 0 aliphatic carbocycles. The molecule has 0 saturated carbocycles. The number of carbonyl (C=O) groups is 2. The molecule has 0 radical (unpaired) electrons. The molecule has 0 spiro atoms. The van der Waals surface area contributed by atoms with Crippen LogP contribution in [0, 0.1) is 0 Å². The first kappa shape index (κ1) is 21.2. The number of rotatable bonds is 7. The second kappa shape index (κ2) is 8.75. The molecule has 0 fully saturated rings. The van der Waals surface area contributed by atoms with Crippen molar-refractivity contribution < 1.29 is 22.7 Å². The molecule has 0 heterocycles. The number of carbonyl (C=O) groups excluding carboxylic acids is 2. The third kappa shape index (κ3) is 5.71. The lowest BCUT2D eigenvalue weighted by Gasteiger charge is -2.16. The van der Waals surface area contributed by atoms with E-state index >= 15 is 0 Å². The number of benzene rings is 2. The zero-order chi connectivity index (χ0) is 20.9. The Morgan fingerprint density at radius 3 is 2.04 bits per heavy atom. The van der Waals surface area contributed by atoms with Gasteiger partial charge in [-0.3, -0.25) is 13.9 Å². The van der Waals surface area contributed by atoms with Gasteiger partial charge >= 0.3 is 0 Å². The quantitative estimate of drug-likeness (QED) is 0.758. The minimum atomic E-state index is -3.34. The minimum absolute atomic E-state index is 0.119. The van der Waals surface area contributed by atoms with Crippen LogP contribution in [0.25, 0.3) is 0 Å². The van der Waals surface area contributed by atoms with Crippen LogP contribution in [0.5, 0.6) is 5.75 Å². The third-order valence-corrected chi connectivity index (χ3v) is 5.10. The highest BCUT2D eigenvalue weighted by molar-refractivity contribution is 7.92. The monoisotopic (exact) mass is 405 g/mol. The highest BCUT2D eigenvalue weighted by atomic mass is 32.2. The molecule has 0 unspecified atom stereocenters. The van der Waals surface area contributed by atoms with Crippen molar-refractivity contribution in [1.29, 1.82) is 0 Å². The van der Waals surface area contributed by atoms with E-state index in [9.17, 15) is 18.0 Å². The summed E-state index contributed by atoms with van der Waals surface area (Å²) in [5, 5.41) is 2.68. The summed E-state index contributed by atoms with van der Waals surface area (Å²) in [5.74, 6) is -0.0390. The fourth-order valence-corrected chi connectivity index (χ4v) is 2.75. The summed E-state index contributed by atoms with van der Waals surface area (Å²) in [7, 11) is 1.45. The van der Waals surface area contributed by atoms with Gasteiger partial charge in [0, 0.05) is 32.4 Å². The summed E-state index contributed by atoms with van der Waals surface area (Å²) < 4.78 is 29.6. The van der Waals surface area contributed by atoms with Gasteiger partial charge in [0.1, 0.15) is 5.75 Å². The molecule has 1 N–H and O–H groups in total. The number of nitrogens with zero attached hydrogens (tertiary/aromatic N) is 2. The smallest absolute Gasteiger partial charge is 0.262 e. The van der Waals surface area contributed by atoms with Crippen LogP contribution in [-0.2, 0) is 14.8 Å². The van der Waals surface area contributed by atoms with E-state index in [-0.39, 0.29) is 18.4 Å². The van der Waals surface area contributed by atoms with E-state index in [1.807, 2.05) is 0 Å². The Labute approximate surface area is 164 Å². The summed E-state index contributed by atoms with van der Waals surface area (Å²) in [6.07, 6.45) is 1.12. The number of ether oxygens (including phenoxy) is 1. The molecule has 0 aliphatic heterocycles. The first-order chi connectivity index (χ1) is 13.1. The Morgan fingerprint density at radius 1 is 0.964 bits per heavy atom. The molecule has 9 heteroatoms. The molecule has 8 nitrogen and oxygen atoms in total. The lowest BCUT2D eigenvalue weighted by atomic mass is 10.2. The van der Waals surface area contributed by atoms with Crippen LogP contribution in [-0.4, -0.2) is 59.1 Å². The fraction of sp³-hybridized carbons (Fsp3) is 0.263. The lowest BCUT2D eigenvalue weighted by molar-refractivity contribution is -0.118. The predicted molar refractivity (Wildman–Crippen MR) is 108 cm³/mol. The Balaban J connectivity index is 1.89. The summed E-state index contributed by atoms with van der Waals surface area (Å²) in [5.41, 5.74) is 1.57. The zero-order valence-corrected chi connectivity index (χ0v) is 17.0. The standard InChI is InChI=1S/C19H23N3O5S/c1-21(2)19(24)14-5-7-15(8-6-14)20-18(23)13-27-17-11-9-16(10-12-17)22(3)28(4,25)26/h5-12H,13H2,1-4H3,(H,20,23). The Morgan fingerprint density at radius 2 is 1.54 bits per heavy atom. The van der Waals surface area contributed by atoms with Gasteiger partial charge in [-0.15, -0.1) is 0 Å². The third-order valence-electron chi connectivity index (χ3n) is 3.89. The van der Waals surface area contributed by atoms with Gasteiger partial charge in [0.25, 0.3) is 11.8 Å². The van der Waals surface area contributed by atoms with Crippen LogP contribution < -0.4 is 14.4 Å². The van der Waals surface area contributed by atoms with Crippen molar-refractivity contribution in [3.8, 4) is 5.75 Å². The molecule has 0 bridgehead atoms. The van der Waals surface area contributed by atoms with Crippen molar-refractivity contribution in [2.45, 2.75) is 0 Å². The van der Waals surface area contributed by atoms with Crippen molar-refractivity contribution in [3.63, 3.8) is 0 Å². The van der Waals surface area contributed by atoms with Gasteiger partial charge in [-0.25, -0.2) is 8.42 Å². The van der Waals surface area contributed by atoms with E-state index in [1.54, 1.807) is 62.6 Å². The molecule has 150 valence electrons. The maximum atomic E-state index is 12.0. The van der Waals surface area contributed by atoms with Crippen LogP contribution >= 0.6 is 0 Å². The molecule has 0 atom stereocenters. The van der Waals surface area contributed by atoms with Crippen molar-refractivity contribution in [3.05, 3.63) is 54.1 Å². The zero-order valence-electron chi connectivity index (χ0n) is 16.2. The number of hydrogen-bond donors (Lipinski definition) is 1. The van der Waals surface area contributed by atoms with Crippen molar-refractivity contribution in [1.82, 2.24) is 4.90 Å². The van der Waals surface area contributed by atoms with Crippen molar-refractivity contribution in [2.24, 2.45) is 0 Å². The van der Waals surface area contributed by atoms with Crippen LogP contribution in [0.3, 0.4) is 0 Å². The van der Waals surface area contributed by atoms with E-state index in [1.165, 1.54) is 11.9 Å². The van der Waals surface area contributed by atoms with Crippen LogP contribution in [0.15, 0.2) is 48.5 Å². The fourth-order valence-electron chi connectivity index (χ4n) is 2.24. The topological polar surface area (TPSA) is 96.0 Å². The minimum Gasteiger partial charge on any atom is -0.484 e. The first-order valence-corrected chi connectivity index (χ1v) is 10.2. The molecule has 2 aromatic carbocycles. The molecule has 2 amide bonds. The number of hydrogen-bond acceptors (Lipinski definition) is 5. The molecular weight excluding hydrogens is 382 g/mol. The summed E-state index contributed by atoms with van der Waals surface area (Å²) in [6, 6.07) is 12.9. The largest absolute Gasteiger partial charge is 0.484 e. The molecule has 0 saturated heterocycles. The van der Waals surface area contributed by atoms with Gasteiger partial charge < -0.3 is 15.0 Å². The second-order valence-corrected chi connectivity index (χ2v) is 8.35. The van der Waals surface area contributed by atoms with Gasteiger partial charge in [0.2, 0.25) is 10.0 Å². The number of amides is 2. The predicted octanol–water partition coefficient (Wildman–Crippen LogP) is 1.80. The molecule has 2 rings (SSSR count). The van der Waals surface area contributed by atoms with Gasteiger partial charge in [-0.1, -0.05) is 0 Å². The second-order valence-electron chi connectivity index (χ2n) is 6.34. The van der Waals surface area contributed by atoms with E-state index in [2.05, 4.69) is 5.32 Å². The molecular formula is C19H23N3O5S. The molecule has 28 heavy (non-hydrogen) atoms. The molecule has 0 aliphatic rings. The Hall–Kier alpha value is -3.07. The normalized spacial score (nSPS) is 10.9. The summed E-state index contributed by atoms with van der Waals surface area (Å²) in [6.45, 7) is -0.209. The van der Waals surface area contributed by atoms with Gasteiger partial charge in [-0.2, -0.15) is 0 Å². The van der Waals surface area contributed by atoms with E-state index in [0.29, 0.717) is 22.7 Å². The van der Waals surface area contributed by atoms with E-state index < -0.39 is 10.0 Å². The van der Waals surface area contributed by atoms with Crippen LogP contribution in [0.4, 0.5) is 11.4 Å². The maximum absolute atomic E-state index is 12.0. The van der Waals surface area contributed by atoms with E-state index in [4.69, 9.17) is 4.74 Å². The average Bonchev–Trinajstić information content (AvgIpc) is 2.65. The summed E-state index contributed by atoms with van der Waals surface area (Å²) in [4.78, 5) is 25.3. The molecule has 0 aromatic heterocycles. The van der Waals surface area contributed by atoms with Crippen LogP contribution in [0.2, 0.25) is 0 Å². The number of anilines is 2. The van der Waals surface area contributed by atoms with Gasteiger partial charge in [-0.05, 0) is 48.5 Å². The van der Waals surface area contributed by atoms with Gasteiger partial charge in [0.05, 0.1) is 11.9 Å². The SMILES string of the molecule is CN(C)C(=O)c1ccc(NC(=O)COc2ccc(N(C)S(C)(=O)=O)cc2)cc1. The van der Waals surface area contributed by atoms with Crippen molar-refractivity contribution >= 4 is 33.2 Å². The number of sulfonamides is 1. The number of nitrogens with one attached hydrogen (secondary N) is 1. The summed E-state index contributed by atoms with van der Waals surface area (Å²) >= 11 is 0. The molecule has 2 aromatic rings. The Kier molecular flexibility index (Phi) is 6.63. The highest BCUT2D eigenvalue weighted by Gasteiger charge is 2.12. The van der Waals surface area contributed by atoms with Crippen molar-refractivity contribution in [2.75, 3.05) is 43.6 Å². The maximum Gasteiger partial charge on any atom is 0.262 e. The first-order valence-electron chi connectivity index (χ1n) is 8.36. The Bertz CT molecular complexity index is 939. The highest BCUT2D eigenvalue weighted by Crippen LogP contribution is 2.20.